The Bertz CT molecular complexity index is 1800. The molecule has 3 aromatic rings. The van der Waals surface area contributed by atoms with Crippen molar-refractivity contribution in [3.05, 3.63) is 65.3 Å². The summed E-state index contributed by atoms with van der Waals surface area (Å²) in [5, 5.41) is 15.3. The summed E-state index contributed by atoms with van der Waals surface area (Å²) in [5.74, 6) is 0.625. The van der Waals surface area contributed by atoms with Crippen LogP contribution in [0, 0.1) is 11.3 Å². The van der Waals surface area contributed by atoms with Crippen LogP contribution in [0.25, 0.3) is 10.8 Å². The molecule has 270 valence electrons. The van der Waals surface area contributed by atoms with E-state index < -0.39 is 11.7 Å². The number of nitrogens with zero attached hydrogens (tertiary/aromatic N) is 7. The van der Waals surface area contributed by atoms with E-state index in [2.05, 4.69) is 56.9 Å². The zero-order chi connectivity index (χ0) is 36.1. The summed E-state index contributed by atoms with van der Waals surface area (Å²) < 4.78 is 11.8. The lowest BCUT2D eigenvalue weighted by molar-refractivity contribution is -0.128. The number of carbonyl (C=O) groups is 2. The first-order valence-electron chi connectivity index (χ1n) is 17.7. The van der Waals surface area contributed by atoms with Crippen LogP contribution in [0.4, 0.5) is 16.3 Å². The SMILES string of the molecule is C=CC(=O)N1CCN(c2nc(OC[C@@H]3CCCN3CCNC(=O)OC(C)(C)C)nc3c2CCN(c2cccc4cccc(Cl)c24)C3)C[C@@H]1CC#N. The first-order chi connectivity index (χ1) is 24.5. The van der Waals surface area contributed by atoms with E-state index in [0.717, 1.165) is 59.5 Å². The van der Waals surface area contributed by atoms with E-state index in [1.165, 1.54) is 6.08 Å². The zero-order valence-electron chi connectivity index (χ0n) is 29.7. The third kappa shape index (κ3) is 8.48. The quantitative estimate of drug-likeness (QED) is 0.276. The molecule has 0 radical (unpaired) electrons. The number of carbonyl (C=O) groups excluding carboxylic acids is 2. The van der Waals surface area contributed by atoms with Crippen molar-refractivity contribution in [2.75, 3.05) is 62.2 Å². The largest absolute Gasteiger partial charge is 0.462 e. The fraction of sp³-hybridized carbons (Fsp3) is 0.500. The van der Waals surface area contributed by atoms with Crippen molar-refractivity contribution >= 4 is 45.9 Å². The van der Waals surface area contributed by atoms with Gasteiger partial charge in [-0.3, -0.25) is 9.69 Å². The number of halogens is 1. The van der Waals surface area contributed by atoms with Crippen LogP contribution in [0.3, 0.4) is 0 Å². The first-order valence-corrected chi connectivity index (χ1v) is 18.1. The maximum absolute atomic E-state index is 12.7. The van der Waals surface area contributed by atoms with E-state index in [4.69, 9.17) is 31.0 Å². The van der Waals surface area contributed by atoms with Crippen LogP contribution in [-0.2, 0) is 22.5 Å². The topological polar surface area (TPSA) is 127 Å². The smallest absolute Gasteiger partial charge is 0.407 e. The summed E-state index contributed by atoms with van der Waals surface area (Å²) in [5.41, 5.74) is 2.45. The second-order valence-electron chi connectivity index (χ2n) is 14.3. The van der Waals surface area contributed by atoms with E-state index in [9.17, 15) is 14.9 Å². The molecule has 13 heteroatoms. The molecule has 4 heterocycles. The summed E-state index contributed by atoms with van der Waals surface area (Å²) >= 11 is 6.74. The maximum Gasteiger partial charge on any atom is 0.407 e. The molecule has 2 saturated heterocycles. The third-order valence-electron chi connectivity index (χ3n) is 9.73. The minimum absolute atomic E-state index is 0.149. The summed E-state index contributed by atoms with van der Waals surface area (Å²) in [4.78, 5) is 43.4. The van der Waals surface area contributed by atoms with Crippen molar-refractivity contribution < 1.29 is 19.1 Å². The zero-order valence-corrected chi connectivity index (χ0v) is 30.5. The predicted molar refractivity (Wildman–Crippen MR) is 198 cm³/mol. The van der Waals surface area contributed by atoms with E-state index in [1.807, 2.05) is 32.9 Å². The van der Waals surface area contributed by atoms with Crippen molar-refractivity contribution in [1.29, 1.82) is 5.26 Å². The van der Waals surface area contributed by atoms with Gasteiger partial charge in [-0.25, -0.2) is 4.79 Å². The molecule has 0 unspecified atom stereocenters. The number of fused-ring (bicyclic) bond motifs is 2. The van der Waals surface area contributed by atoms with Crippen molar-refractivity contribution in [1.82, 2.24) is 25.1 Å². The van der Waals surface area contributed by atoms with Gasteiger partial charge in [-0.15, -0.1) is 0 Å². The fourth-order valence-corrected chi connectivity index (χ4v) is 7.64. The average molecular weight is 715 g/mol. The van der Waals surface area contributed by atoms with Crippen LogP contribution in [0.1, 0.15) is 51.3 Å². The van der Waals surface area contributed by atoms with Gasteiger partial charge in [0.15, 0.2) is 0 Å². The Morgan fingerprint density at radius 2 is 1.90 bits per heavy atom. The highest BCUT2D eigenvalue weighted by Gasteiger charge is 2.34. The van der Waals surface area contributed by atoms with Crippen molar-refractivity contribution in [2.24, 2.45) is 0 Å². The highest BCUT2D eigenvalue weighted by Crippen LogP contribution is 2.37. The minimum Gasteiger partial charge on any atom is -0.462 e. The number of rotatable bonds is 10. The number of benzene rings is 2. The van der Waals surface area contributed by atoms with Crippen LogP contribution in [-0.4, -0.2) is 102 Å². The Balaban J connectivity index is 1.24. The van der Waals surface area contributed by atoms with Gasteiger partial charge in [0.2, 0.25) is 5.91 Å². The van der Waals surface area contributed by atoms with E-state index in [0.29, 0.717) is 63.3 Å². The Kier molecular flexibility index (Phi) is 11.2. The van der Waals surface area contributed by atoms with Gasteiger partial charge in [0.25, 0.3) is 0 Å². The molecule has 2 amide bonds. The highest BCUT2D eigenvalue weighted by atomic mass is 35.5. The third-order valence-corrected chi connectivity index (χ3v) is 10.0. The molecule has 6 rings (SSSR count). The lowest BCUT2D eigenvalue weighted by Gasteiger charge is -2.42. The van der Waals surface area contributed by atoms with Gasteiger partial charge in [-0.2, -0.15) is 15.2 Å². The lowest BCUT2D eigenvalue weighted by atomic mass is 10.0. The second-order valence-corrected chi connectivity index (χ2v) is 14.7. The number of amides is 2. The summed E-state index contributed by atoms with van der Waals surface area (Å²) in [6, 6.07) is 14.6. The molecule has 51 heavy (non-hydrogen) atoms. The standard InChI is InChI=1S/C38H47ClN8O4/c1-5-33(48)47-22-21-46(23-27(47)14-16-40)35-29-15-19-45(32-13-7-10-26-9-6-12-30(39)34(26)32)24-31(29)42-36(43-35)50-25-28-11-8-18-44(28)20-17-41-37(49)51-38(2,3)4/h5-7,9-10,12-13,27-28H,1,8,11,14-15,17-25H2,2-4H3,(H,41,49)/t27-,28-/m0/s1. The van der Waals surface area contributed by atoms with Gasteiger partial charge >= 0.3 is 12.1 Å². The number of aromatic nitrogens is 2. The molecule has 1 aromatic heterocycles. The molecule has 2 fully saturated rings. The number of hydrogen-bond acceptors (Lipinski definition) is 10. The van der Waals surface area contributed by atoms with E-state index >= 15 is 0 Å². The molecule has 3 aliphatic rings. The average Bonchev–Trinajstić information content (AvgIpc) is 3.56. The minimum atomic E-state index is -0.548. The molecule has 0 aliphatic carbocycles. The van der Waals surface area contributed by atoms with Crippen molar-refractivity contribution in [3.8, 4) is 12.1 Å². The Labute approximate surface area is 304 Å². The number of anilines is 2. The van der Waals surface area contributed by atoms with Crippen LogP contribution < -0.4 is 19.9 Å². The summed E-state index contributed by atoms with van der Waals surface area (Å²) in [6.45, 7) is 14.5. The molecule has 1 N–H and O–H groups in total. The summed E-state index contributed by atoms with van der Waals surface area (Å²) in [6.07, 6.45) is 3.81. The molecule has 3 aliphatic heterocycles. The Morgan fingerprint density at radius 1 is 1.10 bits per heavy atom. The number of likely N-dealkylation sites (tertiary alicyclic amines) is 1. The monoisotopic (exact) mass is 714 g/mol. The molecular formula is C38H47ClN8O4. The lowest BCUT2D eigenvalue weighted by Crippen LogP contribution is -2.55. The van der Waals surface area contributed by atoms with Gasteiger partial charge in [0.1, 0.15) is 18.0 Å². The van der Waals surface area contributed by atoms with Crippen molar-refractivity contribution in [2.45, 2.75) is 70.7 Å². The molecule has 12 nitrogen and oxygen atoms in total. The molecule has 0 saturated carbocycles. The van der Waals surface area contributed by atoms with Gasteiger partial charge in [-0.1, -0.05) is 42.4 Å². The van der Waals surface area contributed by atoms with E-state index in [-0.39, 0.29) is 24.4 Å². The molecular weight excluding hydrogens is 668 g/mol. The van der Waals surface area contributed by atoms with Crippen LogP contribution in [0.5, 0.6) is 6.01 Å². The van der Waals surface area contributed by atoms with Gasteiger partial charge in [0.05, 0.1) is 35.8 Å². The first kappa shape index (κ1) is 36.2. The summed E-state index contributed by atoms with van der Waals surface area (Å²) in [7, 11) is 0. The van der Waals surface area contributed by atoms with Gasteiger partial charge in [-0.05, 0) is 70.2 Å². The van der Waals surface area contributed by atoms with Gasteiger partial charge < -0.3 is 29.5 Å². The Hall–Kier alpha value is -4.60. The highest BCUT2D eigenvalue weighted by molar-refractivity contribution is 6.36. The molecule has 2 aromatic carbocycles. The number of hydrogen-bond donors (Lipinski definition) is 1. The normalized spacial score (nSPS) is 19.4. The molecule has 0 spiro atoms. The number of ether oxygens (including phenoxy) is 2. The molecule has 2 atom stereocenters. The maximum atomic E-state index is 12.7. The number of piperazine rings is 1. The van der Waals surface area contributed by atoms with Gasteiger partial charge in [0, 0.05) is 61.9 Å². The number of alkyl carbamates (subject to hydrolysis) is 1. The number of nitrogens with one attached hydrogen (secondary N) is 1. The molecule has 0 bridgehead atoms. The van der Waals surface area contributed by atoms with Crippen LogP contribution >= 0.6 is 11.6 Å². The fourth-order valence-electron chi connectivity index (χ4n) is 7.36. The van der Waals surface area contributed by atoms with Crippen LogP contribution in [0.2, 0.25) is 5.02 Å². The van der Waals surface area contributed by atoms with E-state index in [1.54, 1.807) is 4.90 Å². The van der Waals surface area contributed by atoms with Crippen molar-refractivity contribution in [3.63, 3.8) is 0 Å². The number of nitriles is 1. The van der Waals surface area contributed by atoms with Crippen LogP contribution in [0.15, 0.2) is 49.1 Å². The second kappa shape index (κ2) is 15.7. The predicted octanol–water partition coefficient (Wildman–Crippen LogP) is 5.33. The Morgan fingerprint density at radius 3 is 2.67 bits per heavy atom.